The van der Waals surface area contributed by atoms with Crippen molar-refractivity contribution in [1.29, 1.82) is 0 Å². The number of benzene rings is 1. The van der Waals surface area contributed by atoms with E-state index >= 15 is 0 Å². The molecule has 2 aromatic rings. The van der Waals surface area contributed by atoms with Crippen LogP contribution in [0.2, 0.25) is 0 Å². The van der Waals surface area contributed by atoms with Crippen LogP contribution in [0.25, 0.3) is 0 Å². The zero-order valence-electron chi connectivity index (χ0n) is 11.6. The Bertz CT molecular complexity index is 481. The zero-order chi connectivity index (χ0) is 13.5. The van der Waals surface area contributed by atoms with Gasteiger partial charge in [0.25, 0.3) is 0 Å². The molecule has 0 unspecified atom stereocenters. The van der Waals surface area contributed by atoms with E-state index in [9.17, 15) is 0 Å². The largest absolute Gasteiger partial charge is 0.367 e. The normalized spacial score (nSPS) is 10.4. The van der Waals surface area contributed by atoms with E-state index in [-0.39, 0.29) is 0 Å². The predicted molar refractivity (Wildman–Crippen MR) is 84.1 cm³/mol. The number of rotatable bonds is 7. The molecule has 1 aromatic heterocycles. The monoisotopic (exact) mass is 275 g/mol. The third-order valence-electron chi connectivity index (χ3n) is 2.93. The van der Waals surface area contributed by atoms with E-state index in [1.165, 1.54) is 10.6 Å². The van der Waals surface area contributed by atoms with Gasteiger partial charge in [-0.15, -0.1) is 11.3 Å². The Hall–Kier alpha value is -1.55. The van der Waals surface area contributed by atoms with Crippen LogP contribution >= 0.6 is 11.3 Å². The van der Waals surface area contributed by atoms with Gasteiger partial charge in [-0.05, 0) is 25.5 Å². The molecule has 0 aliphatic rings. The van der Waals surface area contributed by atoms with Crippen LogP contribution in [0.5, 0.6) is 0 Å². The lowest BCUT2D eigenvalue weighted by Crippen LogP contribution is -2.21. The SMILES string of the molecule is CCCNc1ncc(CN(CC)c2ccccc2)s1. The van der Waals surface area contributed by atoms with Crippen molar-refractivity contribution in [2.24, 2.45) is 0 Å². The molecular weight excluding hydrogens is 254 g/mol. The molecule has 1 heterocycles. The highest BCUT2D eigenvalue weighted by atomic mass is 32.1. The van der Waals surface area contributed by atoms with Crippen LogP contribution in [0.3, 0.4) is 0 Å². The Morgan fingerprint density at radius 1 is 1.21 bits per heavy atom. The minimum absolute atomic E-state index is 0.923. The van der Waals surface area contributed by atoms with Gasteiger partial charge in [0.2, 0.25) is 0 Å². The molecule has 1 aromatic carbocycles. The van der Waals surface area contributed by atoms with Crippen LogP contribution in [0.15, 0.2) is 36.5 Å². The van der Waals surface area contributed by atoms with Gasteiger partial charge in [0.1, 0.15) is 0 Å². The van der Waals surface area contributed by atoms with E-state index in [0.717, 1.165) is 31.2 Å². The molecule has 1 N–H and O–H groups in total. The maximum Gasteiger partial charge on any atom is 0.182 e. The molecule has 0 spiro atoms. The van der Waals surface area contributed by atoms with E-state index in [0.29, 0.717) is 0 Å². The van der Waals surface area contributed by atoms with Gasteiger partial charge >= 0.3 is 0 Å². The van der Waals surface area contributed by atoms with Gasteiger partial charge in [-0.2, -0.15) is 0 Å². The second-order valence-corrected chi connectivity index (χ2v) is 5.52. The summed E-state index contributed by atoms with van der Waals surface area (Å²) in [6, 6.07) is 10.5. The van der Waals surface area contributed by atoms with E-state index in [2.05, 4.69) is 59.4 Å². The van der Waals surface area contributed by atoms with E-state index in [1.807, 2.05) is 6.20 Å². The first-order valence-electron chi connectivity index (χ1n) is 6.82. The number of hydrogen-bond acceptors (Lipinski definition) is 4. The molecule has 4 heteroatoms. The quantitative estimate of drug-likeness (QED) is 0.828. The van der Waals surface area contributed by atoms with E-state index in [1.54, 1.807) is 11.3 Å². The van der Waals surface area contributed by atoms with Gasteiger partial charge in [-0.1, -0.05) is 25.1 Å². The highest BCUT2D eigenvalue weighted by molar-refractivity contribution is 7.15. The molecule has 0 fully saturated rings. The Morgan fingerprint density at radius 3 is 2.68 bits per heavy atom. The minimum atomic E-state index is 0.923. The van der Waals surface area contributed by atoms with Crippen molar-refractivity contribution in [2.45, 2.75) is 26.8 Å². The van der Waals surface area contributed by atoms with Crippen LogP contribution in [0.4, 0.5) is 10.8 Å². The van der Waals surface area contributed by atoms with Crippen molar-refractivity contribution in [3.05, 3.63) is 41.4 Å². The molecule has 0 aliphatic carbocycles. The third kappa shape index (κ3) is 3.96. The van der Waals surface area contributed by atoms with Crippen LogP contribution < -0.4 is 10.2 Å². The number of thiazole rings is 1. The molecule has 0 bridgehead atoms. The first kappa shape index (κ1) is 13.9. The molecule has 0 amide bonds. The summed E-state index contributed by atoms with van der Waals surface area (Å²) in [4.78, 5) is 8.07. The first-order valence-corrected chi connectivity index (χ1v) is 7.63. The molecule has 2 rings (SSSR count). The van der Waals surface area contributed by atoms with E-state index < -0.39 is 0 Å². The lowest BCUT2D eigenvalue weighted by atomic mass is 10.3. The summed E-state index contributed by atoms with van der Waals surface area (Å²) < 4.78 is 0. The molecule has 0 saturated heterocycles. The average molecular weight is 275 g/mol. The molecule has 3 nitrogen and oxygen atoms in total. The highest BCUT2D eigenvalue weighted by Crippen LogP contribution is 2.22. The van der Waals surface area contributed by atoms with Crippen molar-refractivity contribution in [3.8, 4) is 0 Å². The van der Waals surface area contributed by atoms with Crippen LogP contribution in [-0.2, 0) is 6.54 Å². The number of aromatic nitrogens is 1. The molecular formula is C15H21N3S. The number of nitrogens with one attached hydrogen (secondary N) is 1. The standard InChI is InChI=1S/C15H21N3S/c1-3-10-16-15-17-11-14(19-15)12-18(4-2)13-8-6-5-7-9-13/h5-9,11H,3-4,10,12H2,1-2H3,(H,16,17). The van der Waals surface area contributed by atoms with Gasteiger partial charge in [-0.25, -0.2) is 4.98 Å². The first-order chi connectivity index (χ1) is 9.33. The maximum atomic E-state index is 4.42. The predicted octanol–water partition coefficient (Wildman–Crippen LogP) is 3.99. The highest BCUT2D eigenvalue weighted by Gasteiger charge is 2.07. The van der Waals surface area contributed by atoms with Gasteiger partial charge in [-0.3, -0.25) is 0 Å². The summed E-state index contributed by atoms with van der Waals surface area (Å²) in [5.74, 6) is 0. The Labute approximate surface area is 119 Å². The zero-order valence-corrected chi connectivity index (χ0v) is 12.4. The third-order valence-corrected chi connectivity index (χ3v) is 3.87. The maximum absolute atomic E-state index is 4.42. The number of nitrogens with zero attached hydrogens (tertiary/aromatic N) is 2. The van der Waals surface area contributed by atoms with Crippen LogP contribution in [-0.4, -0.2) is 18.1 Å². The topological polar surface area (TPSA) is 28.2 Å². The Balaban J connectivity index is 2.00. The second-order valence-electron chi connectivity index (χ2n) is 4.41. The summed E-state index contributed by atoms with van der Waals surface area (Å²) in [7, 11) is 0. The van der Waals surface area contributed by atoms with Crippen molar-refractivity contribution < 1.29 is 0 Å². The molecule has 19 heavy (non-hydrogen) atoms. The fraction of sp³-hybridized carbons (Fsp3) is 0.400. The minimum Gasteiger partial charge on any atom is -0.367 e. The molecule has 0 atom stereocenters. The Kier molecular flexibility index (Phi) is 5.21. The summed E-state index contributed by atoms with van der Waals surface area (Å²) >= 11 is 1.75. The van der Waals surface area contributed by atoms with Gasteiger partial charge < -0.3 is 10.2 Å². The summed E-state index contributed by atoms with van der Waals surface area (Å²) in [6.07, 6.45) is 3.11. The van der Waals surface area contributed by atoms with E-state index in [4.69, 9.17) is 0 Å². The van der Waals surface area contributed by atoms with Crippen LogP contribution in [0, 0.1) is 0 Å². The van der Waals surface area contributed by atoms with Gasteiger partial charge in [0.05, 0.1) is 6.54 Å². The summed E-state index contributed by atoms with van der Waals surface area (Å²) in [6.45, 7) is 7.26. The van der Waals surface area contributed by atoms with Crippen molar-refractivity contribution in [3.63, 3.8) is 0 Å². The van der Waals surface area contributed by atoms with Crippen molar-refractivity contribution in [1.82, 2.24) is 4.98 Å². The van der Waals surface area contributed by atoms with Crippen LogP contribution in [0.1, 0.15) is 25.1 Å². The number of para-hydroxylation sites is 1. The fourth-order valence-corrected chi connectivity index (χ4v) is 2.76. The summed E-state index contributed by atoms with van der Waals surface area (Å²) in [5.41, 5.74) is 1.27. The van der Waals surface area contributed by atoms with Gasteiger partial charge in [0, 0.05) is 29.9 Å². The summed E-state index contributed by atoms with van der Waals surface area (Å²) in [5, 5.41) is 4.36. The van der Waals surface area contributed by atoms with Crippen molar-refractivity contribution in [2.75, 3.05) is 23.3 Å². The second kappa shape index (κ2) is 7.14. The van der Waals surface area contributed by atoms with Crippen molar-refractivity contribution >= 4 is 22.2 Å². The fourth-order valence-electron chi connectivity index (χ4n) is 1.91. The number of anilines is 2. The smallest absolute Gasteiger partial charge is 0.182 e. The lowest BCUT2D eigenvalue weighted by Gasteiger charge is -2.21. The molecule has 0 aliphatic heterocycles. The number of hydrogen-bond donors (Lipinski definition) is 1. The lowest BCUT2D eigenvalue weighted by molar-refractivity contribution is 0.841. The molecule has 0 saturated carbocycles. The molecule has 102 valence electrons. The molecule has 0 radical (unpaired) electrons. The average Bonchev–Trinajstić information content (AvgIpc) is 2.91. The van der Waals surface area contributed by atoms with Gasteiger partial charge in [0.15, 0.2) is 5.13 Å². The Morgan fingerprint density at radius 2 is 2.00 bits per heavy atom.